The number of aromatic nitrogens is 2. The quantitative estimate of drug-likeness (QED) is 0.919. The molecule has 1 N–H and O–H groups in total. The smallest absolute Gasteiger partial charge is 0.408 e. The number of alkyl carbamates (subject to hydrolysis) is 1. The van der Waals surface area contributed by atoms with Crippen molar-refractivity contribution in [3.63, 3.8) is 0 Å². The number of hydrogen-bond acceptors (Lipinski definition) is 5. The molecule has 1 aromatic rings. The number of carbonyl (C=O) groups excluding carboxylic acids is 2. The van der Waals surface area contributed by atoms with E-state index in [1.165, 1.54) is 6.92 Å². The molecule has 0 saturated heterocycles. The number of ether oxygens (including phenoxy) is 1. The molecule has 1 atom stereocenters. The van der Waals surface area contributed by atoms with Crippen LogP contribution >= 0.6 is 0 Å². The maximum atomic E-state index is 11.8. The highest BCUT2D eigenvalue weighted by Gasteiger charge is 2.22. The van der Waals surface area contributed by atoms with Gasteiger partial charge in [-0.05, 0) is 41.5 Å². The highest BCUT2D eigenvalue weighted by molar-refractivity contribution is 5.85. The van der Waals surface area contributed by atoms with Crippen LogP contribution in [0.2, 0.25) is 0 Å². The molecule has 21 heavy (non-hydrogen) atoms. The Balaban J connectivity index is 2.76. The van der Waals surface area contributed by atoms with Gasteiger partial charge in [-0.15, -0.1) is 0 Å². The van der Waals surface area contributed by atoms with Crippen LogP contribution in [0.5, 0.6) is 0 Å². The van der Waals surface area contributed by atoms with Crippen molar-refractivity contribution in [2.75, 3.05) is 0 Å². The Morgan fingerprint density at radius 2 is 1.90 bits per heavy atom. The molecule has 6 nitrogen and oxygen atoms in total. The van der Waals surface area contributed by atoms with Gasteiger partial charge in [0.05, 0.1) is 23.1 Å². The maximum absolute atomic E-state index is 11.8. The fourth-order valence-electron chi connectivity index (χ4n) is 1.64. The molecule has 0 aliphatic carbocycles. The average Bonchev–Trinajstić information content (AvgIpc) is 2.30. The van der Waals surface area contributed by atoms with E-state index >= 15 is 0 Å². The Morgan fingerprint density at radius 1 is 1.29 bits per heavy atom. The summed E-state index contributed by atoms with van der Waals surface area (Å²) in [6.45, 7) is 10.5. The Hall–Kier alpha value is -1.98. The number of Topliss-reactive ketones (excluding diaryl/α,β-unsaturated/α-hetero) is 1. The molecule has 1 aromatic heterocycles. The second-order valence-corrected chi connectivity index (χ2v) is 6.05. The van der Waals surface area contributed by atoms with Gasteiger partial charge >= 0.3 is 6.09 Å². The van der Waals surface area contributed by atoms with Crippen LogP contribution in [0.4, 0.5) is 4.79 Å². The standard InChI is InChI=1S/C15H23N3O3/c1-9-10(2)17-12(8-16-9)7-13(11(3)19)18-14(20)21-15(4,5)6/h8,13H,7H2,1-6H3,(H,18,20). The van der Waals surface area contributed by atoms with Gasteiger partial charge in [-0.25, -0.2) is 4.79 Å². The van der Waals surface area contributed by atoms with Crippen LogP contribution in [0.15, 0.2) is 6.20 Å². The van der Waals surface area contributed by atoms with Gasteiger partial charge in [0, 0.05) is 12.6 Å². The summed E-state index contributed by atoms with van der Waals surface area (Å²) in [7, 11) is 0. The molecule has 0 aromatic carbocycles. The maximum Gasteiger partial charge on any atom is 0.408 e. The van der Waals surface area contributed by atoms with E-state index < -0.39 is 17.7 Å². The van der Waals surface area contributed by atoms with Crippen LogP contribution in [0.25, 0.3) is 0 Å². The van der Waals surface area contributed by atoms with Crippen molar-refractivity contribution in [2.45, 2.75) is 59.6 Å². The van der Waals surface area contributed by atoms with Crippen LogP contribution in [-0.2, 0) is 16.0 Å². The minimum Gasteiger partial charge on any atom is -0.444 e. The van der Waals surface area contributed by atoms with Crippen LogP contribution in [0.1, 0.15) is 44.8 Å². The fourth-order valence-corrected chi connectivity index (χ4v) is 1.64. The van der Waals surface area contributed by atoms with E-state index in [0.29, 0.717) is 12.1 Å². The summed E-state index contributed by atoms with van der Waals surface area (Å²) in [6, 6.07) is -0.670. The molecular formula is C15H23N3O3. The van der Waals surface area contributed by atoms with Crippen LogP contribution in [0, 0.1) is 13.8 Å². The normalized spacial score (nSPS) is 12.7. The van der Waals surface area contributed by atoms with Gasteiger partial charge in [-0.1, -0.05) is 0 Å². The fraction of sp³-hybridized carbons (Fsp3) is 0.600. The summed E-state index contributed by atoms with van der Waals surface area (Å²) < 4.78 is 5.16. The first kappa shape index (κ1) is 17.1. The van der Waals surface area contributed by atoms with Crippen molar-refractivity contribution in [2.24, 2.45) is 0 Å². The Labute approximate surface area is 125 Å². The number of nitrogens with one attached hydrogen (secondary N) is 1. The monoisotopic (exact) mass is 293 g/mol. The van der Waals surface area contributed by atoms with Crippen molar-refractivity contribution in [3.05, 3.63) is 23.3 Å². The molecule has 0 fully saturated rings. The van der Waals surface area contributed by atoms with E-state index in [9.17, 15) is 9.59 Å². The number of amides is 1. The third-order valence-corrected chi connectivity index (χ3v) is 2.84. The lowest BCUT2D eigenvalue weighted by Crippen LogP contribution is -2.44. The summed E-state index contributed by atoms with van der Waals surface area (Å²) in [5.41, 5.74) is 1.71. The molecule has 0 saturated carbocycles. The molecule has 1 heterocycles. The number of ketones is 1. The largest absolute Gasteiger partial charge is 0.444 e. The van der Waals surface area contributed by atoms with Crippen molar-refractivity contribution >= 4 is 11.9 Å². The average molecular weight is 293 g/mol. The van der Waals surface area contributed by atoms with Gasteiger partial charge in [0.15, 0.2) is 5.78 Å². The molecule has 0 aliphatic rings. The Morgan fingerprint density at radius 3 is 2.38 bits per heavy atom. The van der Waals surface area contributed by atoms with E-state index in [1.807, 2.05) is 13.8 Å². The van der Waals surface area contributed by atoms with E-state index in [0.717, 1.165) is 11.4 Å². The van der Waals surface area contributed by atoms with Crippen molar-refractivity contribution in [1.82, 2.24) is 15.3 Å². The number of aryl methyl sites for hydroxylation is 2. The molecule has 1 amide bonds. The first-order valence-corrected chi connectivity index (χ1v) is 6.87. The number of hydrogen-bond donors (Lipinski definition) is 1. The highest BCUT2D eigenvalue weighted by atomic mass is 16.6. The second kappa shape index (κ2) is 6.65. The van der Waals surface area contributed by atoms with E-state index in [1.54, 1.807) is 27.0 Å². The Bertz CT molecular complexity index is 535. The summed E-state index contributed by atoms with van der Waals surface area (Å²) in [5, 5.41) is 2.58. The predicted octanol–water partition coefficient (Wildman–Crippen LogP) is 2.12. The topological polar surface area (TPSA) is 81.2 Å². The molecule has 0 radical (unpaired) electrons. The third-order valence-electron chi connectivity index (χ3n) is 2.84. The van der Waals surface area contributed by atoms with Crippen LogP contribution in [-0.4, -0.2) is 33.5 Å². The van der Waals surface area contributed by atoms with Gasteiger partial charge in [-0.3, -0.25) is 14.8 Å². The lowest BCUT2D eigenvalue weighted by atomic mass is 10.1. The van der Waals surface area contributed by atoms with Gasteiger partial charge in [0.1, 0.15) is 5.60 Å². The van der Waals surface area contributed by atoms with Gasteiger partial charge in [0.25, 0.3) is 0 Å². The minimum atomic E-state index is -0.670. The lowest BCUT2D eigenvalue weighted by Gasteiger charge is -2.22. The van der Waals surface area contributed by atoms with E-state index in [4.69, 9.17) is 4.74 Å². The molecule has 116 valence electrons. The Kier molecular flexibility index (Phi) is 5.41. The SMILES string of the molecule is CC(=O)C(Cc1cnc(C)c(C)n1)NC(=O)OC(C)(C)C. The second-order valence-electron chi connectivity index (χ2n) is 6.05. The van der Waals surface area contributed by atoms with Gasteiger partial charge in [0.2, 0.25) is 0 Å². The minimum absolute atomic E-state index is 0.152. The van der Waals surface area contributed by atoms with Gasteiger partial charge in [-0.2, -0.15) is 0 Å². The van der Waals surface area contributed by atoms with Crippen molar-refractivity contribution in [3.8, 4) is 0 Å². The molecule has 0 bridgehead atoms. The molecule has 0 aliphatic heterocycles. The molecule has 6 heteroatoms. The van der Waals surface area contributed by atoms with E-state index in [2.05, 4.69) is 15.3 Å². The first-order valence-electron chi connectivity index (χ1n) is 6.87. The van der Waals surface area contributed by atoms with E-state index in [-0.39, 0.29) is 5.78 Å². The van der Waals surface area contributed by atoms with Crippen LogP contribution < -0.4 is 5.32 Å². The summed E-state index contributed by atoms with van der Waals surface area (Å²) in [5.74, 6) is -0.152. The summed E-state index contributed by atoms with van der Waals surface area (Å²) in [6.07, 6.45) is 1.30. The zero-order valence-electron chi connectivity index (χ0n) is 13.5. The zero-order valence-corrected chi connectivity index (χ0v) is 13.5. The van der Waals surface area contributed by atoms with Crippen molar-refractivity contribution in [1.29, 1.82) is 0 Å². The number of nitrogens with zero attached hydrogens (tertiary/aromatic N) is 2. The lowest BCUT2D eigenvalue weighted by molar-refractivity contribution is -0.119. The summed E-state index contributed by atoms with van der Waals surface area (Å²) >= 11 is 0. The molecule has 1 unspecified atom stereocenters. The third kappa shape index (κ3) is 5.89. The zero-order chi connectivity index (χ0) is 16.2. The molecule has 0 spiro atoms. The first-order chi connectivity index (χ1) is 9.58. The summed E-state index contributed by atoms with van der Waals surface area (Å²) in [4.78, 5) is 32.0. The van der Waals surface area contributed by atoms with Gasteiger partial charge < -0.3 is 10.1 Å². The highest BCUT2D eigenvalue weighted by Crippen LogP contribution is 2.08. The predicted molar refractivity (Wildman–Crippen MR) is 79.0 cm³/mol. The number of rotatable bonds is 4. The molecule has 1 rings (SSSR count). The number of carbonyl (C=O) groups is 2. The molecular weight excluding hydrogens is 270 g/mol. The van der Waals surface area contributed by atoms with Crippen molar-refractivity contribution < 1.29 is 14.3 Å². The van der Waals surface area contributed by atoms with Crippen LogP contribution in [0.3, 0.4) is 0 Å².